The van der Waals surface area contributed by atoms with E-state index in [1.165, 1.54) is 12.1 Å². The van der Waals surface area contributed by atoms with Gasteiger partial charge in [0, 0.05) is 30.6 Å². The number of hydrogen-bond acceptors (Lipinski definition) is 3. The van der Waals surface area contributed by atoms with Crippen LogP contribution in [-0.2, 0) is 6.42 Å². The molecule has 2 aromatic heterocycles. The molecule has 4 rings (SSSR count). The molecule has 29 heavy (non-hydrogen) atoms. The van der Waals surface area contributed by atoms with Crippen LogP contribution in [-0.4, -0.2) is 27.0 Å². The van der Waals surface area contributed by atoms with Gasteiger partial charge in [-0.15, -0.1) is 0 Å². The summed E-state index contributed by atoms with van der Waals surface area (Å²) in [6, 6.07) is 15.5. The summed E-state index contributed by atoms with van der Waals surface area (Å²) in [5.41, 5.74) is 5.31. The number of carbonyl (C=O) groups is 1. The lowest BCUT2D eigenvalue weighted by Gasteiger charge is -2.07. The Labute approximate surface area is 168 Å². The van der Waals surface area contributed by atoms with Crippen molar-refractivity contribution in [3.05, 3.63) is 89.6 Å². The molecule has 0 atom stereocenters. The highest BCUT2D eigenvalue weighted by Gasteiger charge is 2.06. The molecular weight excluding hydrogens is 367 g/mol. The van der Waals surface area contributed by atoms with Gasteiger partial charge in [0.15, 0.2) is 5.65 Å². The Morgan fingerprint density at radius 3 is 2.48 bits per heavy atom. The van der Waals surface area contributed by atoms with Gasteiger partial charge in [-0.1, -0.05) is 24.3 Å². The van der Waals surface area contributed by atoms with Crippen LogP contribution < -0.4 is 5.32 Å². The molecule has 0 spiro atoms. The van der Waals surface area contributed by atoms with Crippen LogP contribution in [0.1, 0.15) is 28.0 Å². The Morgan fingerprint density at radius 2 is 1.76 bits per heavy atom. The summed E-state index contributed by atoms with van der Waals surface area (Å²) >= 11 is 0. The Kier molecular flexibility index (Phi) is 5.33. The third-order valence-electron chi connectivity index (χ3n) is 4.74. The van der Waals surface area contributed by atoms with Crippen molar-refractivity contribution in [2.24, 2.45) is 0 Å². The molecule has 6 heteroatoms. The number of nitrogens with zero attached hydrogens (tertiary/aromatic N) is 3. The standard InChI is InChI=1S/C23H21FN4O/c1-16-13-22-26-14-17(15-28(22)27-16)3-2-12-25-23(29)20-6-4-18(5-7-20)19-8-10-21(24)11-9-19/h4-11,13-15H,2-3,12H2,1H3,(H,25,29). The molecule has 0 saturated heterocycles. The minimum atomic E-state index is -0.264. The molecule has 0 saturated carbocycles. The maximum atomic E-state index is 13.0. The van der Waals surface area contributed by atoms with E-state index in [4.69, 9.17) is 0 Å². The average molecular weight is 388 g/mol. The van der Waals surface area contributed by atoms with E-state index >= 15 is 0 Å². The molecule has 2 aromatic carbocycles. The summed E-state index contributed by atoms with van der Waals surface area (Å²) in [4.78, 5) is 16.7. The molecule has 0 radical (unpaired) electrons. The van der Waals surface area contributed by atoms with Crippen molar-refractivity contribution in [1.82, 2.24) is 19.9 Å². The van der Waals surface area contributed by atoms with Crippen LogP contribution in [0.4, 0.5) is 4.39 Å². The van der Waals surface area contributed by atoms with E-state index in [0.717, 1.165) is 40.9 Å². The first-order valence-corrected chi connectivity index (χ1v) is 9.53. The monoisotopic (exact) mass is 388 g/mol. The number of benzene rings is 2. The largest absolute Gasteiger partial charge is 0.352 e. The van der Waals surface area contributed by atoms with Crippen molar-refractivity contribution >= 4 is 11.6 Å². The van der Waals surface area contributed by atoms with Gasteiger partial charge < -0.3 is 5.32 Å². The summed E-state index contributed by atoms with van der Waals surface area (Å²) in [7, 11) is 0. The summed E-state index contributed by atoms with van der Waals surface area (Å²) < 4.78 is 14.8. The fourth-order valence-electron chi connectivity index (χ4n) is 3.22. The number of aromatic nitrogens is 3. The van der Waals surface area contributed by atoms with Gasteiger partial charge in [-0.3, -0.25) is 4.79 Å². The normalized spacial score (nSPS) is 11.0. The van der Waals surface area contributed by atoms with E-state index in [2.05, 4.69) is 15.4 Å². The van der Waals surface area contributed by atoms with Crippen LogP contribution in [0.15, 0.2) is 67.0 Å². The van der Waals surface area contributed by atoms with Gasteiger partial charge in [0.25, 0.3) is 5.91 Å². The van der Waals surface area contributed by atoms with Crippen LogP contribution >= 0.6 is 0 Å². The highest BCUT2D eigenvalue weighted by atomic mass is 19.1. The second kappa shape index (κ2) is 8.22. The smallest absolute Gasteiger partial charge is 0.251 e. The van der Waals surface area contributed by atoms with Gasteiger partial charge in [-0.25, -0.2) is 13.9 Å². The molecule has 2 heterocycles. The molecule has 0 bridgehead atoms. The number of fused-ring (bicyclic) bond motifs is 1. The number of halogens is 1. The minimum absolute atomic E-state index is 0.105. The molecule has 1 amide bonds. The third-order valence-corrected chi connectivity index (χ3v) is 4.74. The summed E-state index contributed by atoms with van der Waals surface area (Å²) in [6.07, 6.45) is 5.45. The molecule has 0 unspecified atom stereocenters. The molecule has 0 aliphatic carbocycles. The van der Waals surface area contributed by atoms with Crippen LogP contribution in [0.5, 0.6) is 0 Å². The van der Waals surface area contributed by atoms with E-state index < -0.39 is 0 Å². The van der Waals surface area contributed by atoms with Crippen molar-refractivity contribution in [2.45, 2.75) is 19.8 Å². The first kappa shape index (κ1) is 18.8. The van der Waals surface area contributed by atoms with E-state index in [1.54, 1.807) is 28.8 Å². The van der Waals surface area contributed by atoms with Crippen molar-refractivity contribution in [3.8, 4) is 11.1 Å². The zero-order valence-corrected chi connectivity index (χ0v) is 16.1. The van der Waals surface area contributed by atoms with E-state index in [-0.39, 0.29) is 11.7 Å². The van der Waals surface area contributed by atoms with Crippen molar-refractivity contribution in [1.29, 1.82) is 0 Å². The van der Waals surface area contributed by atoms with Gasteiger partial charge in [-0.05, 0) is 60.7 Å². The van der Waals surface area contributed by atoms with Crippen LogP contribution in [0.2, 0.25) is 0 Å². The maximum absolute atomic E-state index is 13.0. The highest BCUT2D eigenvalue weighted by molar-refractivity contribution is 5.94. The lowest BCUT2D eigenvalue weighted by molar-refractivity contribution is 0.0953. The lowest BCUT2D eigenvalue weighted by atomic mass is 10.0. The number of carbonyl (C=O) groups excluding carboxylic acids is 1. The van der Waals surface area contributed by atoms with Crippen molar-refractivity contribution < 1.29 is 9.18 Å². The van der Waals surface area contributed by atoms with Crippen LogP contribution in [0.25, 0.3) is 16.8 Å². The molecule has 0 aliphatic rings. The van der Waals surface area contributed by atoms with Crippen LogP contribution in [0.3, 0.4) is 0 Å². The zero-order valence-electron chi connectivity index (χ0n) is 16.1. The first-order chi connectivity index (χ1) is 14.1. The molecule has 0 fully saturated rings. The van der Waals surface area contributed by atoms with Gasteiger partial charge in [0.1, 0.15) is 5.82 Å². The number of nitrogens with one attached hydrogen (secondary N) is 1. The third kappa shape index (κ3) is 4.48. The predicted octanol–water partition coefficient (Wildman–Crippen LogP) is 4.21. The molecule has 146 valence electrons. The number of rotatable bonds is 6. The Hall–Kier alpha value is -3.54. The Morgan fingerprint density at radius 1 is 1.07 bits per heavy atom. The van der Waals surface area contributed by atoms with Gasteiger partial charge in [0.2, 0.25) is 0 Å². The summed E-state index contributed by atoms with van der Waals surface area (Å²) in [5, 5.41) is 7.31. The quantitative estimate of drug-likeness (QED) is 0.504. The minimum Gasteiger partial charge on any atom is -0.352 e. The van der Waals surface area contributed by atoms with Gasteiger partial charge in [-0.2, -0.15) is 5.10 Å². The van der Waals surface area contributed by atoms with Crippen molar-refractivity contribution in [3.63, 3.8) is 0 Å². The lowest BCUT2D eigenvalue weighted by Crippen LogP contribution is -2.24. The SMILES string of the molecule is Cc1cc2ncc(CCCNC(=O)c3ccc(-c4ccc(F)cc4)cc3)cn2n1. The fourth-order valence-corrected chi connectivity index (χ4v) is 3.22. The molecular formula is C23H21FN4O. The fraction of sp³-hybridized carbons (Fsp3) is 0.174. The number of aryl methyl sites for hydroxylation is 2. The van der Waals surface area contributed by atoms with Crippen molar-refractivity contribution in [2.75, 3.05) is 6.54 Å². The first-order valence-electron chi connectivity index (χ1n) is 9.53. The van der Waals surface area contributed by atoms with Gasteiger partial charge in [0.05, 0.1) is 5.69 Å². The number of hydrogen-bond donors (Lipinski definition) is 1. The predicted molar refractivity (Wildman–Crippen MR) is 110 cm³/mol. The maximum Gasteiger partial charge on any atom is 0.251 e. The molecule has 5 nitrogen and oxygen atoms in total. The summed E-state index contributed by atoms with van der Waals surface area (Å²) in [6.45, 7) is 2.52. The average Bonchev–Trinajstić information content (AvgIpc) is 3.11. The Balaban J connectivity index is 1.29. The van der Waals surface area contributed by atoms with E-state index in [0.29, 0.717) is 12.1 Å². The second-order valence-corrected chi connectivity index (χ2v) is 6.99. The summed E-state index contributed by atoms with van der Waals surface area (Å²) in [5.74, 6) is -0.368. The molecule has 4 aromatic rings. The Bertz CT molecular complexity index is 1130. The van der Waals surface area contributed by atoms with E-state index in [1.807, 2.05) is 37.5 Å². The second-order valence-electron chi connectivity index (χ2n) is 6.99. The van der Waals surface area contributed by atoms with Gasteiger partial charge >= 0.3 is 0 Å². The topological polar surface area (TPSA) is 59.3 Å². The van der Waals surface area contributed by atoms with Crippen LogP contribution in [0, 0.1) is 12.7 Å². The zero-order chi connectivity index (χ0) is 20.2. The molecule has 1 N–H and O–H groups in total. The highest BCUT2D eigenvalue weighted by Crippen LogP contribution is 2.20. The molecule has 0 aliphatic heterocycles. The van der Waals surface area contributed by atoms with E-state index in [9.17, 15) is 9.18 Å². The number of amides is 1.